The fourth-order valence-corrected chi connectivity index (χ4v) is 1.19. The lowest BCUT2D eigenvalue weighted by molar-refractivity contribution is -0.383. The molecule has 0 radical (unpaired) electrons. The van der Waals surface area contributed by atoms with Crippen molar-refractivity contribution in [3.8, 4) is 0 Å². The summed E-state index contributed by atoms with van der Waals surface area (Å²) < 4.78 is 0. The van der Waals surface area contributed by atoms with Crippen LogP contribution >= 0.6 is 12.2 Å². The van der Waals surface area contributed by atoms with Gasteiger partial charge in [0.05, 0.1) is 10.6 Å². The summed E-state index contributed by atoms with van der Waals surface area (Å²) in [6.07, 6.45) is 0. The highest BCUT2D eigenvalue weighted by atomic mass is 32.1. The van der Waals surface area contributed by atoms with Crippen molar-refractivity contribution >= 4 is 34.4 Å². The molecule has 1 aromatic rings. The van der Waals surface area contributed by atoms with Crippen LogP contribution in [0, 0.1) is 10.1 Å². The number of nitro benzene ring substituents is 1. The van der Waals surface area contributed by atoms with Crippen LogP contribution in [-0.4, -0.2) is 15.7 Å². The van der Waals surface area contributed by atoms with Crippen LogP contribution in [0.25, 0.3) is 0 Å². The average Bonchev–Trinajstić information content (AvgIpc) is 2.25. The van der Waals surface area contributed by atoms with Gasteiger partial charge in [0.2, 0.25) is 0 Å². The number of nitro groups is 1. The van der Waals surface area contributed by atoms with Crippen LogP contribution < -0.4 is 16.9 Å². The smallest absolute Gasteiger partial charge is 0.292 e. The Morgan fingerprint density at radius 3 is 2.71 bits per heavy atom. The van der Waals surface area contributed by atoms with E-state index in [2.05, 4.69) is 22.7 Å². The molecule has 0 fully saturated rings. The molecular formula is C9H11N5O2S. The Balaban J connectivity index is 3.01. The summed E-state index contributed by atoms with van der Waals surface area (Å²) in [7, 11) is 0. The Hall–Kier alpha value is -2.22. The molecule has 0 heterocycles. The number of anilines is 1. The van der Waals surface area contributed by atoms with Crippen molar-refractivity contribution in [3.63, 3.8) is 0 Å². The fourth-order valence-electron chi connectivity index (χ4n) is 1.15. The number of nitrogens with one attached hydrogen (secondary N) is 1. The molecule has 0 atom stereocenters. The van der Waals surface area contributed by atoms with Gasteiger partial charge in [-0.1, -0.05) is 0 Å². The second kappa shape index (κ2) is 5.21. The van der Waals surface area contributed by atoms with E-state index < -0.39 is 4.92 Å². The Morgan fingerprint density at radius 1 is 1.59 bits per heavy atom. The van der Waals surface area contributed by atoms with Gasteiger partial charge in [0.25, 0.3) is 5.69 Å². The van der Waals surface area contributed by atoms with Gasteiger partial charge in [-0.25, -0.2) is 0 Å². The van der Waals surface area contributed by atoms with Gasteiger partial charge in [-0.3, -0.25) is 15.5 Å². The molecular weight excluding hydrogens is 242 g/mol. The summed E-state index contributed by atoms with van der Waals surface area (Å²) in [5.74, 6) is 0. The number of hydrazone groups is 1. The predicted octanol–water partition coefficient (Wildman–Crippen LogP) is 0.734. The van der Waals surface area contributed by atoms with Gasteiger partial charge in [-0.2, -0.15) is 5.10 Å². The Bertz CT molecular complexity index is 500. The van der Waals surface area contributed by atoms with Crippen LogP contribution in [0.1, 0.15) is 12.5 Å². The quantitative estimate of drug-likeness (QED) is 0.240. The molecule has 0 bridgehead atoms. The highest BCUT2D eigenvalue weighted by Gasteiger charge is 2.11. The first-order valence-electron chi connectivity index (χ1n) is 4.56. The first kappa shape index (κ1) is 12.8. The third-order valence-corrected chi connectivity index (χ3v) is 2.07. The highest BCUT2D eigenvalue weighted by molar-refractivity contribution is 7.80. The van der Waals surface area contributed by atoms with Gasteiger partial charge >= 0.3 is 0 Å². The van der Waals surface area contributed by atoms with Gasteiger partial charge in [0.1, 0.15) is 5.69 Å². The minimum Gasteiger partial charge on any atom is -0.393 e. The molecule has 0 aliphatic rings. The normalized spacial score (nSPS) is 11.0. The van der Waals surface area contributed by atoms with E-state index in [9.17, 15) is 10.1 Å². The minimum atomic E-state index is -0.543. The van der Waals surface area contributed by atoms with Crippen LogP contribution in [0.3, 0.4) is 0 Å². The molecule has 0 amide bonds. The predicted molar refractivity (Wildman–Crippen MR) is 69.6 cm³/mol. The molecule has 0 spiro atoms. The maximum Gasteiger partial charge on any atom is 0.292 e. The van der Waals surface area contributed by atoms with Crippen LogP contribution in [0.15, 0.2) is 23.3 Å². The number of hydrogen-bond acceptors (Lipinski definition) is 5. The van der Waals surface area contributed by atoms with Crippen molar-refractivity contribution in [1.82, 2.24) is 5.43 Å². The van der Waals surface area contributed by atoms with Crippen LogP contribution in [0.4, 0.5) is 11.4 Å². The molecule has 8 heteroatoms. The maximum atomic E-state index is 10.6. The molecule has 7 nitrogen and oxygen atoms in total. The lowest BCUT2D eigenvalue weighted by Crippen LogP contribution is -2.25. The summed E-state index contributed by atoms with van der Waals surface area (Å²) in [6.45, 7) is 1.70. The molecule has 0 aliphatic heterocycles. The van der Waals surface area contributed by atoms with Crippen molar-refractivity contribution < 1.29 is 4.92 Å². The van der Waals surface area contributed by atoms with E-state index in [1.54, 1.807) is 13.0 Å². The molecule has 0 saturated carbocycles. The zero-order valence-electron chi connectivity index (χ0n) is 9.01. The summed E-state index contributed by atoms with van der Waals surface area (Å²) in [6, 6.07) is 4.34. The first-order valence-corrected chi connectivity index (χ1v) is 4.96. The third kappa shape index (κ3) is 3.38. The van der Waals surface area contributed by atoms with Gasteiger partial charge in [0.15, 0.2) is 5.11 Å². The van der Waals surface area contributed by atoms with Gasteiger partial charge in [-0.05, 0) is 36.8 Å². The van der Waals surface area contributed by atoms with Crippen LogP contribution in [0.2, 0.25) is 0 Å². The lowest BCUT2D eigenvalue weighted by Gasteiger charge is -2.03. The molecule has 0 unspecified atom stereocenters. The number of hydrogen-bond donors (Lipinski definition) is 3. The van der Waals surface area contributed by atoms with E-state index in [0.29, 0.717) is 11.3 Å². The molecule has 0 saturated heterocycles. The molecule has 1 aromatic carbocycles. The number of rotatable bonds is 3. The van der Waals surface area contributed by atoms with E-state index in [-0.39, 0.29) is 16.5 Å². The Labute approximate surface area is 103 Å². The Kier molecular flexibility index (Phi) is 3.94. The largest absolute Gasteiger partial charge is 0.393 e. The molecule has 0 aromatic heterocycles. The lowest BCUT2D eigenvalue weighted by atomic mass is 10.1. The summed E-state index contributed by atoms with van der Waals surface area (Å²) in [5, 5.41) is 14.5. The maximum absolute atomic E-state index is 10.6. The second-order valence-electron chi connectivity index (χ2n) is 3.20. The summed E-state index contributed by atoms with van der Waals surface area (Å²) in [5.41, 5.74) is 14.3. The fraction of sp³-hybridized carbons (Fsp3) is 0.111. The topological polar surface area (TPSA) is 120 Å². The van der Waals surface area contributed by atoms with E-state index in [4.69, 9.17) is 11.5 Å². The number of thiocarbonyl (C=S) groups is 1. The standard InChI is InChI=1S/C9H11N5O2S/c1-5(12-13-9(11)17)6-2-3-8(14(15)16)7(10)4-6/h2-4H,10H2,1H3,(H3,11,13,17)/b12-5+. The zero-order valence-corrected chi connectivity index (χ0v) is 9.82. The van der Waals surface area contributed by atoms with E-state index in [1.807, 2.05) is 0 Å². The molecule has 90 valence electrons. The highest BCUT2D eigenvalue weighted by Crippen LogP contribution is 2.22. The average molecular weight is 253 g/mol. The Morgan fingerprint density at radius 2 is 2.24 bits per heavy atom. The summed E-state index contributed by atoms with van der Waals surface area (Å²) >= 11 is 4.59. The second-order valence-corrected chi connectivity index (χ2v) is 3.64. The van der Waals surface area contributed by atoms with Gasteiger partial charge < -0.3 is 11.5 Å². The van der Waals surface area contributed by atoms with E-state index >= 15 is 0 Å². The van der Waals surface area contributed by atoms with Crippen molar-refractivity contribution in [2.24, 2.45) is 10.8 Å². The SMILES string of the molecule is C/C(=N\NC(N)=S)c1ccc([N+](=O)[O-])c(N)c1. The number of nitrogens with two attached hydrogens (primary N) is 2. The van der Waals surface area contributed by atoms with Crippen LogP contribution in [-0.2, 0) is 0 Å². The van der Waals surface area contributed by atoms with Crippen molar-refractivity contribution in [1.29, 1.82) is 0 Å². The van der Waals surface area contributed by atoms with Gasteiger partial charge in [-0.15, -0.1) is 0 Å². The molecule has 5 N–H and O–H groups in total. The number of nitrogens with zero attached hydrogens (tertiary/aromatic N) is 2. The summed E-state index contributed by atoms with van der Waals surface area (Å²) in [4.78, 5) is 10.0. The zero-order chi connectivity index (χ0) is 13.0. The first-order chi connectivity index (χ1) is 7.91. The monoisotopic (exact) mass is 253 g/mol. The van der Waals surface area contributed by atoms with Crippen molar-refractivity contribution in [2.45, 2.75) is 6.92 Å². The van der Waals surface area contributed by atoms with Crippen molar-refractivity contribution in [2.75, 3.05) is 5.73 Å². The molecule has 1 rings (SSSR count). The van der Waals surface area contributed by atoms with E-state index in [1.165, 1.54) is 12.1 Å². The van der Waals surface area contributed by atoms with Gasteiger partial charge in [0, 0.05) is 6.07 Å². The number of benzene rings is 1. The van der Waals surface area contributed by atoms with Crippen molar-refractivity contribution in [3.05, 3.63) is 33.9 Å². The third-order valence-electron chi connectivity index (χ3n) is 1.98. The van der Waals surface area contributed by atoms with Crippen LogP contribution in [0.5, 0.6) is 0 Å². The minimum absolute atomic E-state index is 0.0410. The number of nitrogen functional groups attached to an aromatic ring is 1. The van der Waals surface area contributed by atoms with E-state index in [0.717, 1.165) is 0 Å². The molecule has 17 heavy (non-hydrogen) atoms. The molecule has 0 aliphatic carbocycles.